The third-order valence-electron chi connectivity index (χ3n) is 3.97. The summed E-state index contributed by atoms with van der Waals surface area (Å²) < 4.78 is 6.66. The molecule has 0 aliphatic carbocycles. The zero-order chi connectivity index (χ0) is 13.4. The number of morpholine rings is 1. The molecule has 0 atom stereocenters. The fourth-order valence-corrected chi connectivity index (χ4v) is 3.73. The van der Waals surface area contributed by atoms with Crippen LogP contribution in [0.1, 0.15) is 12.8 Å². The van der Waals surface area contributed by atoms with Gasteiger partial charge in [-0.3, -0.25) is 0 Å². The van der Waals surface area contributed by atoms with Crippen molar-refractivity contribution < 1.29 is 4.74 Å². The first kappa shape index (κ1) is 12.3. The number of rotatable bonds is 2. The lowest BCUT2D eigenvalue weighted by Crippen LogP contribution is -2.37. The van der Waals surface area contributed by atoms with Crippen LogP contribution in [-0.2, 0) is 4.74 Å². The molecule has 2 saturated heterocycles. The summed E-state index contributed by atoms with van der Waals surface area (Å²) in [6, 6.07) is 2.10. The van der Waals surface area contributed by atoms with Crippen LogP contribution in [0.4, 0.5) is 11.8 Å². The molecule has 2 aliphatic heterocycles. The van der Waals surface area contributed by atoms with Gasteiger partial charge in [0.25, 0.3) is 0 Å². The van der Waals surface area contributed by atoms with Gasteiger partial charge in [-0.25, -0.2) is 4.98 Å². The van der Waals surface area contributed by atoms with Crippen molar-refractivity contribution in [1.82, 2.24) is 9.97 Å². The van der Waals surface area contributed by atoms with Crippen molar-refractivity contribution >= 4 is 33.3 Å². The van der Waals surface area contributed by atoms with Gasteiger partial charge in [-0.05, 0) is 24.3 Å². The summed E-state index contributed by atoms with van der Waals surface area (Å²) in [4.78, 5) is 14.3. The first-order chi connectivity index (χ1) is 9.92. The summed E-state index contributed by atoms with van der Waals surface area (Å²) in [6.07, 6.45) is 2.50. The van der Waals surface area contributed by atoms with E-state index in [1.165, 1.54) is 17.5 Å². The Labute approximate surface area is 122 Å². The molecule has 20 heavy (non-hydrogen) atoms. The highest BCUT2D eigenvalue weighted by Gasteiger charge is 2.21. The number of hydrogen-bond acceptors (Lipinski definition) is 6. The number of thiophene rings is 1. The average Bonchev–Trinajstić information content (AvgIpc) is 3.18. The van der Waals surface area contributed by atoms with Crippen molar-refractivity contribution in [3.63, 3.8) is 0 Å². The normalized spacial score (nSPS) is 20.0. The van der Waals surface area contributed by atoms with Gasteiger partial charge in [0.15, 0.2) is 5.82 Å². The molecule has 0 aromatic carbocycles. The predicted octanol–water partition coefficient (Wildman–Crippen LogP) is 2.13. The molecule has 0 bridgehead atoms. The Balaban J connectivity index is 1.78. The molecule has 4 heterocycles. The quantitative estimate of drug-likeness (QED) is 0.847. The van der Waals surface area contributed by atoms with Crippen LogP contribution in [0.3, 0.4) is 0 Å². The molecule has 0 saturated carbocycles. The molecule has 106 valence electrons. The Morgan fingerprint density at radius 3 is 2.60 bits per heavy atom. The molecule has 6 heteroatoms. The average molecular weight is 290 g/mol. The number of aromatic nitrogens is 2. The minimum Gasteiger partial charge on any atom is -0.378 e. The van der Waals surface area contributed by atoms with E-state index in [0.29, 0.717) is 0 Å². The van der Waals surface area contributed by atoms with E-state index in [2.05, 4.69) is 21.2 Å². The van der Waals surface area contributed by atoms with E-state index in [9.17, 15) is 0 Å². The van der Waals surface area contributed by atoms with Crippen molar-refractivity contribution in [2.75, 3.05) is 49.2 Å². The molecule has 4 rings (SSSR count). The lowest BCUT2D eigenvalue weighted by molar-refractivity contribution is 0.122. The lowest BCUT2D eigenvalue weighted by atomic mass is 10.3. The highest BCUT2D eigenvalue weighted by atomic mass is 32.1. The van der Waals surface area contributed by atoms with Crippen molar-refractivity contribution in [3.8, 4) is 0 Å². The van der Waals surface area contributed by atoms with Gasteiger partial charge in [-0.2, -0.15) is 4.98 Å². The minimum absolute atomic E-state index is 0.788. The molecular weight excluding hydrogens is 272 g/mol. The van der Waals surface area contributed by atoms with E-state index >= 15 is 0 Å². The highest BCUT2D eigenvalue weighted by Crippen LogP contribution is 2.32. The van der Waals surface area contributed by atoms with Crippen LogP contribution in [0.25, 0.3) is 10.2 Å². The molecule has 5 nitrogen and oxygen atoms in total. The first-order valence-electron chi connectivity index (χ1n) is 7.25. The van der Waals surface area contributed by atoms with Gasteiger partial charge in [0.2, 0.25) is 5.95 Å². The van der Waals surface area contributed by atoms with Gasteiger partial charge in [0.1, 0.15) is 0 Å². The zero-order valence-electron chi connectivity index (χ0n) is 11.4. The van der Waals surface area contributed by atoms with Crippen molar-refractivity contribution in [3.05, 3.63) is 11.4 Å². The fraction of sp³-hybridized carbons (Fsp3) is 0.571. The Kier molecular flexibility index (Phi) is 3.20. The van der Waals surface area contributed by atoms with Crippen LogP contribution < -0.4 is 9.80 Å². The Morgan fingerprint density at radius 1 is 1.00 bits per heavy atom. The fourth-order valence-electron chi connectivity index (χ4n) is 2.88. The molecule has 0 N–H and O–H groups in total. The second kappa shape index (κ2) is 5.18. The SMILES string of the molecule is c1cc2nc(N3CCCC3)nc(N3CCOCC3)c2s1. The van der Waals surface area contributed by atoms with Crippen LogP contribution in [0.2, 0.25) is 0 Å². The number of hydrogen-bond donors (Lipinski definition) is 0. The molecule has 2 aliphatic rings. The maximum Gasteiger partial charge on any atom is 0.227 e. The van der Waals surface area contributed by atoms with E-state index < -0.39 is 0 Å². The van der Waals surface area contributed by atoms with Gasteiger partial charge in [0.05, 0.1) is 23.4 Å². The molecule has 0 radical (unpaired) electrons. The summed E-state index contributed by atoms with van der Waals surface area (Å²) in [7, 11) is 0. The predicted molar refractivity (Wildman–Crippen MR) is 81.9 cm³/mol. The summed E-state index contributed by atoms with van der Waals surface area (Å²) in [5, 5.41) is 2.11. The zero-order valence-corrected chi connectivity index (χ0v) is 12.2. The van der Waals surface area contributed by atoms with Crippen LogP contribution in [0, 0.1) is 0 Å². The standard InChI is InChI=1S/C14H18N4OS/c1-2-5-18(4-1)14-15-11-3-10-20-12(11)13(16-14)17-6-8-19-9-7-17/h3,10H,1-2,4-9H2. The maximum atomic E-state index is 5.45. The van der Waals surface area contributed by atoms with E-state index in [0.717, 1.165) is 56.7 Å². The number of nitrogens with zero attached hydrogens (tertiary/aromatic N) is 4. The summed E-state index contributed by atoms with van der Waals surface area (Å²) in [5.41, 5.74) is 1.08. The minimum atomic E-state index is 0.788. The van der Waals surface area contributed by atoms with Gasteiger partial charge in [0, 0.05) is 26.2 Å². The van der Waals surface area contributed by atoms with Crippen LogP contribution >= 0.6 is 11.3 Å². The first-order valence-corrected chi connectivity index (χ1v) is 8.13. The summed E-state index contributed by atoms with van der Waals surface area (Å²) in [5.74, 6) is 1.99. The molecule has 0 spiro atoms. The largest absolute Gasteiger partial charge is 0.378 e. The molecule has 0 unspecified atom stereocenters. The van der Waals surface area contributed by atoms with E-state index in [1.807, 2.05) is 0 Å². The van der Waals surface area contributed by atoms with Crippen molar-refractivity contribution in [2.45, 2.75) is 12.8 Å². The van der Waals surface area contributed by atoms with E-state index in [4.69, 9.17) is 14.7 Å². The monoisotopic (exact) mass is 290 g/mol. The van der Waals surface area contributed by atoms with Gasteiger partial charge < -0.3 is 14.5 Å². The lowest BCUT2D eigenvalue weighted by Gasteiger charge is -2.29. The van der Waals surface area contributed by atoms with Crippen molar-refractivity contribution in [2.24, 2.45) is 0 Å². The molecular formula is C14H18N4OS. The second-order valence-corrected chi connectivity index (χ2v) is 6.19. The van der Waals surface area contributed by atoms with Crippen LogP contribution in [0.15, 0.2) is 11.4 Å². The Hall–Kier alpha value is -1.40. The highest BCUT2D eigenvalue weighted by molar-refractivity contribution is 7.17. The molecule has 2 aromatic rings. The number of fused-ring (bicyclic) bond motifs is 1. The second-order valence-electron chi connectivity index (χ2n) is 5.28. The maximum absolute atomic E-state index is 5.45. The third kappa shape index (κ3) is 2.13. The number of ether oxygens (including phenoxy) is 1. The van der Waals surface area contributed by atoms with Gasteiger partial charge >= 0.3 is 0 Å². The molecule has 2 fully saturated rings. The topological polar surface area (TPSA) is 41.5 Å². The molecule has 2 aromatic heterocycles. The Bertz CT molecular complexity index is 602. The van der Waals surface area contributed by atoms with Gasteiger partial charge in [-0.15, -0.1) is 11.3 Å². The van der Waals surface area contributed by atoms with Crippen molar-refractivity contribution in [1.29, 1.82) is 0 Å². The summed E-state index contributed by atoms with van der Waals surface area (Å²) >= 11 is 1.73. The van der Waals surface area contributed by atoms with Gasteiger partial charge in [-0.1, -0.05) is 0 Å². The van der Waals surface area contributed by atoms with Crippen LogP contribution in [-0.4, -0.2) is 49.4 Å². The number of anilines is 2. The van der Waals surface area contributed by atoms with E-state index in [1.54, 1.807) is 11.3 Å². The third-order valence-corrected chi connectivity index (χ3v) is 4.87. The van der Waals surface area contributed by atoms with Crippen LogP contribution in [0.5, 0.6) is 0 Å². The summed E-state index contributed by atoms with van der Waals surface area (Å²) in [6.45, 7) is 5.58. The molecule has 0 amide bonds. The van der Waals surface area contributed by atoms with E-state index in [-0.39, 0.29) is 0 Å². The Morgan fingerprint density at radius 2 is 1.80 bits per heavy atom. The smallest absolute Gasteiger partial charge is 0.227 e.